The number of alkyl halides is 6. The summed E-state index contributed by atoms with van der Waals surface area (Å²) in [7, 11) is 0. The van der Waals surface area contributed by atoms with Gasteiger partial charge in [-0.15, -0.1) is 0 Å². The molecule has 28 heavy (non-hydrogen) atoms. The van der Waals surface area contributed by atoms with Crippen molar-refractivity contribution < 1.29 is 35.9 Å². The maximum Gasteiger partial charge on any atom is 0.416 e. The number of benzene rings is 1. The predicted octanol–water partition coefficient (Wildman–Crippen LogP) is 3.61. The van der Waals surface area contributed by atoms with Crippen LogP contribution < -0.4 is 10.6 Å². The van der Waals surface area contributed by atoms with Crippen molar-refractivity contribution in [2.45, 2.75) is 44.6 Å². The second-order valence-corrected chi connectivity index (χ2v) is 6.49. The van der Waals surface area contributed by atoms with Crippen LogP contribution in [-0.4, -0.2) is 36.0 Å². The van der Waals surface area contributed by atoms with Gasteiger partial charge in [-0.1, -0.05) is 13.3 Å². The fourth-order valence-electron chi connectivity index (χ4n) is 2.84. The third-order valence-electron chi connectivity index (χ3n) is 4.19. The van der Waals surface area contributed by atoms with E-state index in [0.29, 0.717) is 12.1 Å². The van der Waals surface area contributed by atoms with Crippen LogP contribution in [0.5, 0.6) is 0 Å². The standard InChI is InChI=1S/C17H19F6N3O2/c1-2-3-12-7-15(28)26(9-24-12)8-14(27)25-13-5-10(16(18,19)20)4-11(6-13)17(21,22)23/h4-6,12,24H,2-3,7-9H2,1H3,(H,25,27). The highest BCUT2D eigenvalue weighted by atomic mass is 19.4. The minimum Gasteiger partial charge on any atom is -0.325 e. The van der Waals surface area contributed by atoms with E-state index in [9.17, 15) is 35.9 Å². The van der Waals surface area contributed by atoms with Gasteiger partial charge in [-0.05, 0) is 24.6 Å². The quantitative estimate of drug-likeness (QED) is 0.728. The monoisotopic (exact) mass is 411 g/mol. The van der Waals surface area contributed by atoms with Crippen LogP contribution in [0.15, 0.2) is 18.2 Å². The topological polar surface area (TPSA) is 61.4 Å². The van der Waals surface area contributed by atoms with E-state index in [-0.39, 0.29) is 31.1 Å². The minimum absolute atomic E-state index is 0.0189. The smallest absolute Gasteiger partial charge is 0.325 e. The Labute approximate surface area is 157 Å². The number of rotatable bonds is 5. The number of halogens is 6. The van der Waals surface area contributed by atoms with Crippen LogP contribution in [0.1, 0.15) is 37.3 Å². The number of carbonyl (C=O) groups excluding carboxylic acids is 2. The number of hydrogen-bond acceptors (Lipinski definition) is 3. The predicted molar refractivity (Wildman–Crippen MR) is 88.1 cm³/mol. The highest BCUT2D eigenvalue weighted by molar-refractivity contribution is 5.94. The molecule has 0 aliphatic carbocycles. The second kappa shape index (κ2) is 8.38. The van der Waals surface area contributed by atoms with E-state index in [0.717, 1.165) is 17.7 Å². The third-order valence-corrected chi connectivity index (χ3v) is 4.19. The largest absolute Gasteiger partial charge is 0.416 e. The molecule has 5 nitrogen and oxygen atoms in total. The van der Waals surface area contributed by atoms with Crippen molar-refractivity contribution >= 4 is 17.5 Å². The molecule has 0 radical (unpaired) electrons. The van der Waals surface area contributed by atoms with E-state index in [1.165, 1.54) is 0 Å². The van der Waals surface area contributed by atoms with Crippen LogP contribution in [0.2, 0.25) is 0 Å². The lowest BCUT2D eigenvalue weighted by atomic mass is 10.1. The van der Waals surface area contributed by atoms with Crippen molar-refractivity contribution in [3.05, 3.63) is 29.3 Å². The Balaban J connectivity index is 2.10. The van der Waals surface area contributed by atoms with E-state index in [2.05, 4.69) is 5.32 Å². The van der Waals surface area contributed by atoms with Crippen molar-refractivity contribution in [1.82, 2.24) is 10.2 Å². The van der Waals surface area contributed by atoms with E-state index in [1.807, 2.05) is 12.2 Å². The molecule has 1 atom stereocenters. The molecule has 11 heteroatoms. The van der Waals surface area contributed by atoms with Crippen molar-refractivity contribution in [3.63, 3.8) is 0 Å². The second-order valence-electron chi connectivity index (χ2n) is 6.49. The summed E-state index contributed by atoms with van der Waals surface area (Å²) in [4.78, 5) is 25.3. The van der Waals surface area contributed by atoms with Gasteiger partial charge in [0.2, 0.25) is 11.8 Å². The molecule has 1 aromatic rings. The molecule has 0 spiro atoms. The van der Waals surface area contributed by atoms with Crippen LogP contribution in [0.3, 0.4) is 0 Å². The number of nitrogens with zero attached hydrogens (tertiary/aromatic N) is 1. The zero-order valence-corrected chi connectivity index (χ0v) is 14.9. The molecular formula is C17H19F6N3O2. The van der Waals surface area contributed by atoms with E-state index in [1.54, 1.807) is 0 Å². The van der Waals surface area contributed by atoms with Crippen LogP contribution in [0.4, 0.5) is 32.0 Å². The van der Waals surface area contributed by atoms with Crippen molar-refractivity contribution in [2.75, 3.05) is 18.5 Å². The first-order chi connectivity index (χ1) is 12.9. The first-order valence-corrected chi connectivity index (χ1v) is 8.50. The summed E-state index contributed by atoms with van der Waals surface area (Å²) in [6, 6.07) is 0.790. The molecule has 0 saturated carbocycles. The average molecular weight is 411 g/mol. The van der Waals surface area contributed by atoms with Gasteiger partial charge in [-0.3, -0.25) is 14.9 Å². The zero-order valence-electron chi connectivity index (χ0n) is 14.9. The number of carbonyl (C=O) groups is 2. The molecule has 2 rings (SSSR count). The number of anilines is 1. The molecule has 1 fully saturated rings. The summed E-state index contributed by atoms with van der Waals surface area (Å²) in [5.74, 6) is -1.20. The Kier molecular flexibility index (Phi) is 6.58. The van der Waals surface area contributed by atoms with Gasteiger partial charge in [-0.2, -0.15) is 26.3 Å². The molecule has 1 aliphatic rings. The Morgan fingerprint density at radius 2 is 1.71 bits per heavy atom. The molecule has 1 unspecified atom stereocenters. The molecule has 1 heterocycles. The first kappa shape index (κ1) is 22.0. The summed E-state index contributed by atoms with van der Waals surface area (Å²) in [5, 5.41) is 5.07. The Bertz CT molecular complexity index is 700. The number of amides is 2. The summed E-state index contributed by atoms with van der Waals surface area (Å²) >= 11 is 0. The highest BCUT2D eigenvalue weighted by Crippen LogP contribution is 2.37. The van der Waals surface area contributed by atoms with Gasteiger partial charge in [-0.25, -0.2) is 0 Å². The van der Waals surface area contributed by atoms with Crippen molar-refractivity contribution in [1.29, 1.82) is 0 Å². The Hall–Kier alpha value is -2.30. The molecule has 156 valence electrons. The Morgan fingerprint density at radius 3 is 2.18 bits per heavy atom. The van der Waals surface area contributed by atoms with Crippen LogP contribution in [0, 0.1) is 0 Å². The molecular weight excluding hydrogens is 392 g/mol. The van der Waals surface area contributed by atoms with Crippen molar-refractivity contribution in [2.24, 2.45) is 0 Å². The lowest BCUT2D eigenvalue weighted by Crippen LogP contribution is -2.52. The van der Waals surface area contributed by atoms with Gasteiger partial charge >= 0.3 is 12.4 Å². The SMILES string of the molecule is CCCC1CC(=O)N(CC(=O)Nc2cc(C(F)(F)F)cc(C(F)(F)F)c2)CN1. The molecule has 1 saturated heterocycles. The number of nitrogens with one attached hydrogen (secondary N) is 2. The van der Waals surface area contributed by atoms with Gasteiger partial charge in [0.25, 0.3) is 0 Å². The fourth-order valence-corrected chi connectivity index (χ4v) is 2.84. The summed E-state index contributed by atoms with van der Waals surface area (Å²) in [6.45, 7) is 1.55. The van der Waals surface area contributed by atoms with Crippen LogP contribution in [-0.2, 0) is 21.9 Å². The fraction of sp³-hybridized carbons (Fsp3) is 0.529. The average Bonchev–Trinajstić information content (AvgIpc) is 2.55. The maximum absolute atomic E-state index is 12.9. The third kappa shape index (κ3) is 5.85. The lowest BCUT2D eigenvalue weighted by molar-refractivity contribution is -0.143. The highest BCUT2D eigenvalue weighted by Gasteiger charge is 2.37. The minimum atomic E-state index is -5.01. The summed E-state index contributed by atoms with van der Waals surface area (Å²) in [6.07, 6.45) is -8.22. The molecule has 0 aromatic heterocycles. The summed E-state index contributed by atoms with van der Waals surface area (Å²) in [5.41, 5.74) is -3.71. The van der Waals surface area contributed by atoms with Gasteiger partial charge in [0.1, 0.15) is 6.54 Å². The molecule has 2 amide bonds. The number of hydrogen-bond donors (Lipinski definition) is 2. The first-order valence-electron chi connectivity index (χ1n) is 8.50. The van der Waals surface area contributed by atoms with E-state index >= 15 is 0 Å². The van der Waals surface area contributed by atoms with Gasteiger partial charge in [0, 0.05) is 18.2 Å². The Morgan fingerprint density at radius 1 is 1.14 bits per heavy atom. The van der Waals surface area contributed by atoms with Gasteiger partial charge in [0.05, 0.1) is 17.8 Å². The van der Waals surface area contributed by atoms with E-state index < -0.39 is 41.6 Å². The molecule has 1 aliphatic heterocycles. The van der Waals surface area contributed by atoms with Gasteiger partial charge in [0.15, 0.2) is 0 Å². The molecule has 1 aromatic carbocycles. The van der Waals surface area contributed by atoms with E-state index in [4.69, 9.17) is 0 Å². The van der Waals surface area contributed by atoms with Crippen molar-refractivity contribution in [3.8, 4) is 0 Å². The lowest BCUT2D eigenvalue weighted by Gasteiger charge is -2.32. The van der Waals surface area contributed by atoms with Crippen LogP contribution in [0.25, 0.3) is 0 Å². The molecule has 0 bridgehead atoms. The van der Waals surface area contributed by atoms with Crippen LogP contribution >= 0.6 is 0 Å². The zero-order chi connectivity index (χ0) is 21.1. The molecule has 2 N–H and O–H groups in total. The van der Waals surface area contributed by atoms with Gasteiger partial charge < -0.3 is 10.2 Å². The maximum atomic E-state index is 12.9. The summed E-state index contributed by atoms with van der Waals surface area (Å²) < 4.78 is 77.1. The normalized spacial score (nSPS) is 18.3.